The fourth-order valence-corrected chi connectivity index (χ4v) is 4.47. The van der Waals surface area contributed by atoms with Crippen molar-refractivity contribution in [3.05, 3.63) is 60.7 Å². The summed E-state index contributed by atoms with van der Waals surface area (Å²) in [6.45, 7) is 0. The van der Waals surface area contributed by atoms with Crippen molar-refractivity contribution in [3.63, 3.8) is 0 Å². The van der Waals surface area contributed by atoms with E-state index in [4.69, 9.17) is 4.74 Å². The monoisotopic (exact) mass is 468 g/mol. The van der Waals surface area contributed by atoms with Crippen LogP contribution in [0.4, 0.5) is 0 Å². The van der Waals surface area contributed by atoms with Gasteiger partial charge in [0.15, 0.2) is 5.16 Å². The summed E-state index contributed by atoms with van der Waals surface area (Å²) in [4.78, 5) is 20.8. The van der Waals surface area contributed by atoms with E-state index >= 15 is 0 Å². The average molecular weight is 469 g/mol. The van der Waals surface area contributed by atoms with Gasteiger partial charge in [-0.15, -0.1) is 10.2 Å². The third-order valence-electron chi connectivity index (χ3n) is 4.88. The van der Waals surface area contributed by atoms with Crippen molar-refractivity contribution in [2.75, 3.05) is 24.9 Å². The molecule has 2 aromatic carbocycles. The first-order valence-electron chi connectivity index (χ1n) is 10.1. The summed E-state index contributed by atoms with van der Waals surface area (Å²) in [5.41, 5.74) is 2.76. The van der Waals surface area contributed by atoms with Gasteiger partial charge in [0.2, 0.25) is 5.91 Å². The predicted octanol–water partition coefficient (Wildman–Crippen LogP) is 3.85. The molecule has 0 saturated carbocycles. The molecule has 2 heterocycles. The summed E-state index contributed by atoms with van der Waals surface area (Å²) in [7, 11) is 1.63. The van der Waals surface area contributed by atoms with Gasteiger partial charge in [-0.3, -0.25) is 9.36 Å². The Labute approximate surface area is 194 Å². The molecule has 10 heteroatoms. The smallest absolute Gasteiger partial charge is 0.231 e. The number of thioether (sulfide) groups is 2. The Morgan fingerprint density at radius 2 is 2.03 bits per heavy atom. The van der Waals surface area contributed by atoms with Crippen LogP contribution in [0.2, 0.25) is 0 Å². The lowest BCUT2D eigenvalue weighted by atomic mass is 10.2. The molecule has 32 heavy (non-hydrogen) atoms. The van der Waals surface area contributed by atoms with Crippen molar-refractivity contribution in [2.45, 2.75) is 17.6 Å². The van der Waals surface area contributed by atoms with E-state index in [-0.39, 0.29) is 17.7 Å². The van der Waals surface area contributed by atoms with Crippen molar-refractivity contribution in [2.24, 2.45) is 0 Å². The normalized spacial score (nSPS) is 12.1. The fourth-order valence-electron chi connectivity index (χ4n) is 3.26. The number of ether oxygens (including phenoxy) is 1. The SMILES string of the molecule is COc1ccc(-n2cnnc2SCC(=O)NC(CCSC)c2nc3ccccc3[nH]2)cc1. The second-order valence-corrected chi connectivity index (χ2v) is 8.94. The maximum absolute atomic E-state index is 12.8. The Bertz CT molecular complexity index is 1140. The molecule has 1 unspecified atom stereocenters. The van der Waals surface area contributed by atoms with E-state index in [0.717, 1.165) is 40.5 Å². The van der Waals surface area contributed by atoms with Gasteiger partial charge in [0.1, 0.15) is 17.9 Å². The number of nitrogens with one attached hydrogen (secondary N) is 2. The zero-order chi connectivity index (χ0) is 22.3. The molecule has 8 nitrogen and oxygen atoms in total. The molecule has 0 aliphatic rings. The minimum absolute atomic E-state index is 0.0779. The Hall–Kier alpha value is -2.98. The number of hydrogen-bond acceptors (Lipinski definition) is 7. The molecule has 4 aromatic rings. The fraction of sp³-hybridized carbons (Fsp3) is 0.273. The van der Waals surface area contributed by atoms with Gasteiger partial charge in [0, 0.05) is 5.69 Å². The molecule has 0 saturated heterocycles. The number of imidazole rings is 1. The van der Waals surface area contributed by atoms with Gasteiger partial charge in [0.05, 0.1) is 29.9 Å². The second-order valence-electron chi connectivity index (χ2n) is 7.01. The van der Waals surface area contributed by atoms with Crippen molar-refractivity contribution in [1.29, 1.82) is 0 Å². The van der Waals surface area contributed by atoms with E-state index < -0.39 is 0 Å². The van der Waals surface area contributed by atoms with Crippen LogP contribution in [0, 0.1) is 0 Å². The predicted molar refractivity (Wildman–Crippen MR) is 129 cm³/mol. The standard InChI is InChI=1S/C22H24N6O2S2/c1-30-16-9-7-15(8-10-16)28-14-23-27-22(28)32-13-20(29)24-19(11-12-31-2)21-25-17-5-3-4-6-18(17)26-21/h3-10,14,19H,11-13H2,1-2H3,(H,24,29)(H,25,26). The lowest BCUT2D eigenvalue weighted by Crippen LogP contribution is -2.31. The van der Waals surface area contributed by atoms with Crippen molar-refractivity contribution >= 4 is 40.5 Å². The Morgan fingerprint density at radius 3 is 2.78 bits per heavy atom. The highest BCUT2D eigenvalue weighted by Crippen LogP contribution is 2.23. The number of nitrogens with zero attached hydrogens (tertiary/aromatic N) is 4. The zero-order valence-electron chi connectivity index (χ0n) is 17.8. The molecule has 0 bridgehead atoms. The Balaban J connectivity index is 1.42. The maximum atomic E-state index is 12.8. The van der Waals surface area contributed by atoms with Crippen LogP contribution < -0.4 is 10.1 Å². The molecule has 0 aliphatic heterocycles. The third-order valence-corrected chi connectivity index (χ3v) is 6.47. The van der Waals surface area contributed by atoms with Crippen molar-refractivity contribution < 1.29 is 9.53 Å². The second kappa shape index (κ2) is 10.6. The molecule has 166 valence electrons. The number of H-pyrrole nitrogens is 1. The van der Waals surface area contributed by atoms with Crippen LogP contribution >= 0.6 is 23.5 Å². The lowest BCUT2D eigenvalue weighted by Gasteiger charge is -2.16. The molecule has 0 radical (unpaired) electrons. The topological polar surface area (TPSA) is 97.7 Å². The number of carbonyl (C=O) groups is 1. The maximum Gasteiger partial charge on any atom is 0.231 e. The number of hydrogen-bond donors (Lipinski definition) is 2. The lowest BCUT2D eigenvalue weighted by molar-refractivity contribution is -0.119. The number of para-hydroxylation sites is 2. The number of amides is 1. The summed E-state index contributed by atoms with van der Waals surface area (Å²) in [5, 5.41) is 11.9. The largest absolute Gasteiger partial charge is 0.497 e. The van der Waals surface area contributed by atoms with Gasteiger partial charge < -0.3 is 15.0 Å². The van der Waals surface area contributed by atoms with Crippen LogP contribution in [-0.4, -0.2) is 55.5 Å². The molecule has 0 fully saturated rings. The minimum Gasteiger partial charge on any atom is -0.497 e. The zero-order valence-corrected chi connectivity index (χ0v) is 19.4. The van der Waals surface area contributed by atoms with Gasteiger partial charge in [-0.25, -0.2) is 4.98 Å². The number of fused-ring (bicyclic) bond motifs is 1. The summed E-state index contributed by atoms with van der Waals surface area (Å²) < 4.78 is 7.06. The first-order valence-corrected chi connectivity index (χ1v) is 12.5. The van der Waals surface area contributed by atoms with E-state index in [2.05, 4.69) is 31.7 Å². The highest BCUT2D eigenvalue weighted by molar-refractivity contribution is 7.99. The number of carbonyl (C=O) groups excluding carboxylic acids is 1. The van der Waals surface area contributed by atoms with E-state index in [1.54, 1.807) is 25.2 Å². The van der Waals surface area contributed by atoms with Crippen LogP contribution in [0.3, 0.4) is 0 Å². The summed E-state index contributed by atoms with van der Waals surface area (Å²) >= 11 is 3.09. The molecule has 0 aliphatic carbocycles. The highest BCUT2D eigenvalue weighted by Gasteiger charge is 2.19. The van der Waals surface area contributed by atoms with Crippen LogP contribution in [0.1, 0.15) is 18.3 Å². The first-order chi connectivity index (χ1) is 15.7. The number of methoxy groups -OCH3 is 1. The molecular weight excluding hydrogens is 444 g/mol. The molecular formula is C22H24N6O2S2. The average Bonchev–Trinajstić information content (AvgIpc) is 3.47. The van der Waals surface area contributed by atoms with Gasteiger partial charge in [-0.2, -0.15) is 11.8 Å². The summed E-state index contributed by atoms with van der Waals surface area (Å²) in [6, 6.07) is 15.3. The third kappa shape index (κ3) is 5.25. The van der Waals surface area contributed by atoms with Gasteiger partial charge >= 0.3 is 0 Å². The number of benzene rings is 2. The van der Waals surface area contributed by atoms with Crippen LogP contribution in [0.25, 0.3) is 16.7 Å². The van der Waals surface area contributed by atoms with E-state index in [0.29, 0.717) is 5.16 Å². The van der Waals surface area contributed by atoms with Crippen molar-refractivity contribution in [3.8, 4) is 11.4 Å². The highest BCUT2D eigenvalue weighted by atomic mass is 32.2. The molecule has 0 spiro atoms. The number of aromatic nitrogens is 5. The first kappa shape index (κ1) is 22.2. The molecule has 1 atom stereocenters. The number of rotatable bonds is 10. The molecule has 1 amide bonds. The van der Waals surface area contributed by atoms with Crippen LogP contribution in [0.5, 0.6) is 5.75 Å². The van der Waals surface area contributed by atoms with E-state index in [1.807, 2.05) is 53.1 Å². The van der Waals surface area contributed by atoms with Crippen LogP contribution in [-0.2, 0) is 4.79 Å². The minimum atomic E-state index is -0.178. The Kier molecular flexibility index (Phi) is 7.33. The molecule has 2 N–H and O–H groups in total. The van der Waals surface area contributed by atoms with Gasteiger partial charge in [-0.05, 0) is 54.8 Å². The van der Waals surface area contributed by atoms with E-state index in [9.17, 15) is 4.79 Å². The van der Waals surface area contributed by atoms with Gasteiger partial charge in [0.25, 0.3) is 0 Å². The summed E-state index contributed by atoms with van der Waals surface area (Å²) in [6.07, 6.45) is 4.48. The Morgan fingerprint density at radius 1 is 1.22 bits per heavy atom. The van der Waals surface area contributed by atoms with Gasteiger partial charge in [-0.1, -0.05) is 23.9 Å². The summed E-state index contributed by atoms with van der Waals surface area (Å²) in [5.74, 6) is 2.62. The van der Waals surface area contributed by atoms with E-state index in [1.165, 1.54) is 11.8 Å². The molecule has 2 aromatic heterocycles. The quantitative estimate of drug-likeness (QED) is 0.341. The van der Waals surface area contributed by atoms with Crippen molar-refractivity contribution in [1.82, 2.24) is 30.0 Å². The van der Waals surface area contributed by atoms with Crippen LogP contribution in [0.15, 0.2) is 60.0 Å². The number of aromatic amines is 1. The molecule has 4 rings (SSSR count).